The van der Waals surface area contributed by atoms with Crippen LogP contribution >= 0.6 is 23.2 Å². The number of rotatable bonds is 4. The van der Waals surface area contributed by atoms with Crippen LogP contribution in [0.5, 0.6) is 5.75 Å². The first-order chi connectivity index (χ1) is 11.6. The lowest BCUT2D eigenvalue weighted by Crippen LogP contribution is -2.25. The minimum absolute atomic E-state index is 0.271. The van der Waals surface area contributed by atoms with E-state index in [4.69, 9.17) is 27.9 Å². The molecular formula is C16H18Cl2N4O2. The topological polar surface area (TPSA) is 69.0 Å². The van der Waals surface area contributed by atoms with Gasteiger partial charge >= 0.3 is 0 Å². The molecule has 0 bridgehead atoms. The van der Waals surface area contributed by atoms with Crippen molar-refractivity contribution in [2.24, 2.45) is 0 Å². The number of methoxy groups -OCH3 is 1. The number of fused-ring (bicyclic) bond motifs is 1. The second kappa shape index (κ2) is 7.40. The summed E-state index contributed by atoms with van der Waals surface area (Å²) in [5, 5.41) is 11.9. The molecule has 0 saturated carbocycles. The zero-order valence-corrected chi connectivity index (χ0v) is 14.8. The van der Waals surface area contributed by atoms with E-state index in [-0.39, 0.29) is 5.91 Å². The van der Waals surface area contributed by atoms with Gasteiger partial charge in [-0.05, 0) is 25.0 Å². The minimum atomic E-state index is -0.271. The third kappa shape index (κ3) is 3.49. The van der Waals surface area contributed by atoms with E-state index in [1.807, 2.05) is 0 Å². The van der Waals surface area contributed by atoms with E-state index in [0.717, 1.165) is 37.5 Å². The number of nitrogens with zero attached hydrogens (tertiary/aromatic N) is 3. The van der Waals surface area contributed by atoms with Gasteiger partial charge < -0.3 is 14.6 Å². The summed E-state index contributed by atoms with van der Waals surface area (Å²) >= 11 is 12.2. The van der Waals surface area contributed by atoms with Crippen molar-refractivity contribution in [1.82, 2.24) is 20.1 Å². The first-order valence-corrected chi connectivity index (χ1v) is 8.58. The van der Waals surface area contributed by atoms with E-state index < -0.39 is 0 Å². The van der Waals surface area contributed by atoms with Gasteiger partial charge in [-0.15, -0.1) is 10.2 Å². The Kier molecular flexibility index (Phi) is 5.26. The first kappa shape index (κ1) is 17.0. The van der Waals surface area contributed by atoms with Crippen LogP contribution in [0.2, 0.25) is 10.0 Å². The van der Waals surface area contributed by atoms with Crippen molar-refractivity contribution in [3.05, 3.63) is 39.4 Å². The van der Waals surface area contributed by atoms with Crippen LogP contribution in [0.1, 0.15) is 41.3 Å². The van der Waals surface area contributed by atoms with Crippen molar-refractivity contribution in [2.75, 3.05) is 7.11 Å². The molecule has 24 heavy (non-hydrogen) atoms. The molecule has 1 aliphatic heterocycles. The Bertz CT molecular complexity index is 738. The highest BCUT2D eigenvalue weighted by molar-refractivity contribution is 6.37. The number of hydrogen-bond acceptors (Lipinski definition) is 4. The fourth-order valence-electron chi connectivity index (χ4n) is 2.82. The summed E-state index contributed by atoms with van der Waals surface area (Å²) in [6.07, 6.45) is 4.37. The zero-order valence-electron chi connectivity index (χ0n) is 13.3. The first-order valence-electron chi connectivity index (χ1n) is 7.82. The average Bonchev–Trinajstić information content (AvgIpc) is 2.78. The Morgan fingerprint density at radius 1 is 1.25 bits per heavy atom. The van der Waals surface area contributed by atoms with Gasteiger partial charge in [0.1, 0.15) is 5.82 Å². The number of carbonyl (C=O) groups is 1. The van der Waals surface area contributed by atoms with E-state index in [2.05, 4.69) is 20.1 Å². The maximum atomic E-state index is 12.4. The fraction of sp³-hybridized carbons (Fsp3) is 0.438. The zero-order chi connectivity index (χ0) is 17.1. The Balaban J connectivity index is 1.71. The summed E-state index contributed by atoms with van der Waals surface area (Å²) < 4.78 is 7.18. The largest absolute Gasteiger partial charge is 0.494 e. The van der Waals surface area contributed by atoms with Gasteiger partial charge in [-0.1, -0.05) is 29.6 Å². The van der Waals surface area contributed by atoms with Crippen LogP contribution in [0, 0.1) is 0 Å². The van der Waals surface area contributed by atoms with Gasteiger partial charge in [0.25, 0.3) is 5.91 Å². The molecule has 0 radical (unpaired) electrons. The van der Waals surface area contributed by atoms with E-state index in [1.165, 1.54) is 25.7 Å². The highest BCUT2D eigenvalue weighted by atomic mass is 35.5. The molecule has 0 atom stereocenters. The van der Waals surface area contributed by atoms with Crippen molar-refractivity contribution in [3.63, 3.8) is 0 Å². The van der Waals surface area contributed by atoms with Gasteiger partial charge in [0.05, 0.1) is 23.7 Å². The predicted molar refractivity (Wildman–Crippen MR) is 91.8 cm³/mol. The number of ether oxygens (including phenoxy) is 1. The molecule has 1 aromatic heterocycles. The van der Waals surface area contributed by atoms with Gasteiger partial charge in [0, 0.05) is 18.5 Å². The predicted octanol–water partition coefficient (Wildman–Crippen LogP) is 3.25. The minimum Gasteiger partial charge on any atom is -0.494 e. The van der Waals surface area contributed by atoms with Crippen LogP contribution in [-0.2, 0) is 19.5 Å². The van der Waals surface area contributed by atoms with Crippen molar-refractivity contribution in [3.8, 4) is 5.75 Å². The standard InChI is InChI=1S/C16H18Cl2N4O2/c1-24-15-11(17)7-10(8-12(15)18)16(23)19-9-14-21-20-13-5-3-2-4-6-22(13)14/h7-8H,2-6,9H2,1H3,(H,19,23). The van der Waals surface area contributed by atoms with E-state index in [1.54, 1.807) is 0 Å². The fourth-order valence-corrected chi connectivity index (χ4v) is 3.46. The molecular weight excluding hydrogens is 351 g/mol. The van der Waals surface area contributed by atoms with E-state index in [9.17, 15) is 4.79 Å². The average molecular weight is 369 g/mol. The third-order valence-corrected chi connectivity index (χ3v) is 4.62. The van der Waals surface area contributed by atoms with Crippen LogP contribution in [0.4, 0.5) is 0 Å². The molecule has 2 aromatic rings. The molecule has 3 rings (SSSR count). The molecule has 1 aromatic carbocycles. The molecule has 2 heterocycles. The van der Waals surface area contributed by atoms with Gasteiger partial charge in [-0.25, -0.2) is 0 Å². The molecule has 1 aliphatic rings. The van der Waals surface area contributed by atoms with Crippen LogP contribution in [-0.4, -0.2) is 27.8 Å². The van der Waals surface area contributed by atoms with Crippen LogP contribution in [0.15, 0.2) is 12.1 Å². The number of halogens is 2. The molecule has 1 amide bonds. The van der Waals surface area contributed by atoms with Gasteiger partial charge in [0.15, 0.2) is 11.6 Å². The van der Waals surface area contributed by atoms with Crippen LogP contribution < -0.4 is 10.1 Å². The summed E-state index contributed by atoms with van der Waals surface area (Å²) in [5.74, 6) is 1.85. The second-order valence-corrected chi connectivity index (χ2v) is 6.46. The molecule has 8 heteroatoms. The van der Waals surface area contributed by atoms with Crippen molar-refractivity contribution in [1.29, 1.82) is 0 Å². The Hall–Kier alpha value is -1.79. The third-order valence-electron chi connectivity index (χ3n) is 4.06. The Morgan fingerprint density at radius 2 is 2.00 bits per heavy atom. The van der Waals surface area contributed by atoms with Crippen molar-refractivity contribution >= 4 is 29.1 Å². The van der Waals surface area contributed by atoms with Crippen LogP contribution in [0.25, 0.3) is 0 Å². The van der Waals surface area contributed by atoms with E-state index >= 15 is 0 Å². The summed E-state index contributed by atoms with van der Waals surface area (Å²) in [6, 6.07) is 3.07. The Labute approximate surface area is 150 Å². The monoisotopic (exact) mass is 368 g/mol. The maximum absolute atomic E-state index is 12.4. The highest BCUT2D eigenvalue weighted by Crippen LogP contribution is 2.33. The van der Waals surface area contributed by atoms with Crippen molar-refractivity contribution < 1.29 is 9.53 Å². The number of amides is 1. The maximum Gasteiger partial charge on any atom is 0.251 e. The van der Waals surface area contributed by atoms with Crippen molar-refractivity contribution in [2.45, 2.75) is 38.8 Å². The Morgan fingerprint density at radius 3 is 2.71 bits per heavy atom. The lowest BCUT2D eigenvalue weighted by atomic mass is 10.2. The molecule has 0 unspecified atom stereocenters. The summed E-state index contributed by atoms with van der Waals surface area (Å²) in [5.41, 5.74) is 0.376. The summed E-state index contributed by atoms with van der Waals surface area (Å²) in [6.45, 7) is 1.21. The molecule has 6 nitrogen and oxygen atoms in total. The second-order valence-electron chi connectivity index (χ2n) is 5.65. The van der Waals surface area contributed by atoms with Gasteiger partial charge in [-0.2, -0.15) is 0 Å². The van der Waals surface area contributed by atoms with Crippen LogP contribution in [0.3, 0.4) is 0 Å². The SMILES string of the molecule is COc1c(Cl)cc(C(=O)NCc2nnc3n2CCCCC3)cc1Cl. The molecule has 1 N–H and O–H groups in total. The number of aromatic nitrogens is 3. The van der Waals surface area contributed by atoms with E-state index in [0.29, 0.717) is 27.9 Å². The lowest BCUT2D eigenvalue weighted by Gasteiger charge is -2.10. The molecule has 128 valence electrons. The number of hydrogen-bond donors (Lipinski definition) is 1. The number of benzene rings is 1. The molecule has 0 aliphatic carbocycles. The smallest absolute Gasteiger partial charge is 0.251 e. The summed E-state index contributed by atoms with van der Waals surface area (Å²) in [4.78, 5) is 12.4. The highest BCUT2D eigenvalue weighted by Gasteiger charge is 2.17. The number of aryl methyl sites for hydroxylation is 1. The molecule has 0 spiro atoms. The van der Waals surface area contributed by atoms with Gasteiger partial charge in [-0.3, -0.25) is 4.79 Å². The quantitative estimate of drug-likeness (QED) is 0.898. The van der Waals surface area contributed by atoms with Gasteiger partial charge in [0.2, 0.25) is 0 Å². The normalized spacial score (nSPS) is 14.0. The lowest BCUT2D eigenvalue weighted by molar-refractivity contribution is 0.0949. The molecule has 0 saturated heterocycles. The summed E-state index contributed by atoms with van der Waals surface area (Å²) in [7, 11) is 1.48. The number of nitrogens with one attached hydrogen (secondary N) is 1. The molecule has 0 fully saturated rings. The number of carbonyl (C=O) groups excluding carboxylic acids is 1.